The van der Waals surface area contributed by atoms with Crippen molar-refractivity contribution in [2.24, 2.45) is 5.92 Å². The number of hydrogen-bond donors (Lipinski definition) is 1. The summed E-state index contributed by atoms with van der Waals surface area (Å²) in [5.74, 6) is -0.527. The van der Waals surface area contributed by atoms with E-state index in [2.05, 4.69) is 17.2 Å². The van der Waals surface area contributed by atoms with E-state index < -0.39 is 5.97 Å². The Bertz CT molecular complexity index is 530. The van der Waals surface area contributed by atoms with Gasteiger partial charge in [0.15, 0.2) is 5.69 Å². The second kappa shape index (κ2) is 6.24. The van der Waals surface area contributed by atoms with Crippen LogP contribution in [0.5, 0.6) is 0 Å². The van der Waals surface area contributed by atoms with Crippen molar-refractivity contribution in [2.75, 3.05) is 13.1 Å². The van der Waals surface area contributed by atoms with E-state index in [1.807, 2.05) is 18.7 Å². The molecule has 1 aromatic rings. The quantitative estimate of drug-likeness (QED) is 0.905. The van der Waals surface area contributed by atoms with Crippen LogP contribution in [-0.4, -0.2) is 50.0 Å². The van der Waals surface area contributed by atoms with E-state index in [0.29, 0.717) is 11.6 Å². The molecule has 1 saturated heterocycles. The highest BCUT2D eigenvalue weighted by Crippen LogP contribution is 2.19. The Morgan fingerprint density at radius 2 is 1.95 bits per heavy atom. The maximum absolute atomic E-state index is 12.3. The number of likely N-dealkylation sites (tertiary alicyclic amines) is 1. The number of amides is 1. The number of aromatic carboxylic acids is 1. The van der Waals surface area contributed by atoms with E-state index >= 15 is 0 Å². The summed E-state index contributed by atoms with van der Waals surface area (Å²) in [6.45, 7) is 7.51. The molecule has 2 rings (SSSR count). The van der Waals surface area contributed by atoms with Crippen molar-refractivity contribution in [1.29, 1.82) is 0 Å². The van der Waals surface area contributed by atoms with Gasteiger partial charge in [-0.25, -0.2) is 9.48 Å². The second-order valence-corrected chi connectivity index (χ2v) is 6.00. The number of aromatic nitrogens is 3. The highest BCUT2D eigenvalue weighted by atomic mass is 16.4. The van der Waals surface area contributed by atoms with Crippen LogP contribution < -0.4 is 0 Å². The molecule has 1 N–H and O–H groups in total. The van der Waals surface area contributed by atoms with E-state index in [9.17, 15) is 9.59 Å². The highest BCUT2D eigenvalue weighted by molar-refractivity contribution is 5.87. The van der Waals surface area contributed by atoms with Crippen molar-refractivity contribution in [3.63, 3.8) is 0 Å². The Morgan fingerprint density at radius 1 is 1.33 bits per heavy atom. The number of hydrogen-bond acceptors (Lipinski definition) is 4. The molecule has 1 aliphatic heterocycles. The summed E-state index contributed by atoms with van der Waals surface area (Å²) in [6, 6.07) is 0. The number of nitrogens with zero attached hydrogens (tertiary/aromatic N) is 4. The van der Waals surface area contributed by atoms with Crippen LogP contribution in [0.4, 0.5) is 0 Å². The van der Waals surface area contributed by atoms with E-state index in [4.69, 9.17) is 5.11 Å². The highest BCUT2D eigenvalue weighted by Gasteiger charge is 2.25. The fraction of sp³-hybridized carbons (Fsp3) is 0.714. The third-order valence-corrected chi connectivity index (χ3v) is 3.94. The minimum Gasteiger partial charge on any atom is -0.476 e. The molecule has 0 spiro atoms. The summed E-state index contributed by atoms with van der Waals surface area (Å²) in [5, 5.41) is 16.7. The molecule has 1 aromatic heterocycles. The lowest BCUT2D eigenvalue weighted by molar-refractivity contribution is -0.133. The van der Waals surface area contributed by atoms with Crippen molar-refractivity contribution in [1.82, 2.24) is 19.9 Å². The SMILES string of the molecule is CC1CCN(C(=O)Cn2nnc(C(=O)O)c2C(C)C)CC1. The van der Waals surface area contributed by atoms with Gasteiger partial charge in [-0.05, 0) is 24.7 Å². The summed E-state index contributed by atoms with van der Waals surface area (Å²) >= 11 is 0. The molecule has 0 atom stereocenters. The molecule has 2 heterocycles. The third-order valence-electron chi connectivity index (χ3n) is 3.94. The lowest BCUT2D eigenvalue weighted by Gasteiger charge is -2.30. The van der Waals surface area contributed by atoms with Crippen LogP contribution in [-0.2, 0) is 11.3 Å². The van der Waals surface area contributed by atoms with E-state index in [1.54, 1.807) is 0 Å². The molecule has 116 valence electrons. The maximum Gasteiger partial charge on any atom is 0.358 e. The van der Waals surface area contributed by atoms with Crippen molar-refractivity contribution in [3.05, 3.63) is 11.4 Å². The number of carboxylic acid groups (broad SMARTS) is 1. The van der Waals surface area contributed by atoms with Crippen LogP contribution >= 0.6 is 0 Å². The Morgan fingerprint density at radius 3 is 2.48 bits per heavy atom. The summed E-state index contributed by atoms with van der Waals surface area (Å²) < 4.78 is 1.43. The van der Waals surface area contributed by atoms with Gasteiger partial charge in [-0.1, -0.05) is 26.0 Å². The van der Waals surface area contributed by atoms with Gasteiger partial charge in [-0.2, -0.15) is 0 Å². The van der Waals surface area contributed by atoms with Gasteiger partial charge in [-0.15, -0.1) is 5.10 Å². The largest absolute Gasteiger partial charge is 0.476 e. The molecule has 0 aromatic carbocycles. The minimum atomic E-state index is -1.11. The van der Waals surface area contributed by atoms with E-state index in [0.717, 1.165) is 25.9 Å². The molecule has 0 saturated carbocycles. The molecular formula is C14H22N4O3. The number of carboxylic acids is 1. The fourth-order valence-corrected chi connectivity index (χ4v) is 2.65. The first-order valence-electron chi connectivity index (χ1n) is 7.34. The van der Waals surface area contributed by atoms with Crippen molar-refractivity contribution < 1.29 is 14.7 Å². The number of rotatable bonds is 4. The van der Waals surface area contributed by atoms with Crippen LogP contribution in [0.3, 0.4) is 0 Å². The number of carbonyl (C=O) groups is 2. The topological polar surface area (TPSA) is 88.3 Å². The first kappa shape index (κ1) is 15.5. The van der Waals surface area contributed by atoms with Gasteiger partial charge in [0, 0.05) is 13.1 Å². The minimum absolute atomic E-state index is 0.0226. The number of piperidine rings is 1. The molecular weight excluding hydrogens is 272 g/mol. The molecule has 1 amide bonds. The molecule has 0 aliphatic carbocycles. The summed E-state index contributed by atoms with van der Waals surface area (Å²) in [6.07, 6.45) is 2.03. The van der Waals surface area contributed by atoms with Crippen LogP contribution in [0.15, 0.2) is 0 Å². The van der Waals surface area contributed by atoms with Crippen LogP contribution in [0.2, 0.25) is 0 Å². The first-order valence-corrected chi connectivity index (χ1v) is 7.34. The zero-order chi connectivity index (χ0) is 15.6. The molecule has 0 bridgehead atoms. The van der Waals surface area contributed by atoms with Gasteiger partial charge in [-0.3, -0.25) is 4.79 Å². The van der Waals surface area contributed by atoms with Gasteiger partial charge < -0.3 is 10.0 Å². The van der Waals surface area contributed by atoms with Crippen LogP contribution in [0.1, 0.15) is 55.7 Å². The number of carbonyl (C=O) groups excluding carboxylic acids is 1. The second-order valence-electron chi connectivity index (χ2n) is 6.00. The zero-order valence-corrected chi connectivity index (χ0v) is 12.7. The summed E-state index contributed by atoms with van der Waals surface area (Å²) in [7, 11) is 0. The molecule has 0 radical (unpaired) electrons. The van der Waals surface area contributed by atoms with Crippen molar-refractivity contribution in [2.45, 2.75) is 46.1 Å². The average Bonchev–Trinajstić information content (AvgIpc) is 2.83. The van der Waals surface area contributed by atoms with Gasteiger partial charge in [0.2, 0.25) is 5.91 Å². The Labute approximate surface area is 123 Å². The summed E-state index contributed by atoms with van der Waals surface area (Å²) in [5.41, 5.74) is 0.436. The summed E-state index contributed by atoms with van der Waals surface area (Å²) in [4.78, 5) is 25.3. The van der Waals surface area contributed by atoms with Gasteiger partial charge in [0.1, 0.15) is 6.54 Å². The van der Waals surface area contributed by atoms with E-state index in [1.165, 1.54) is 4.68 Å². The average molecular weight is 294 g/mol. The molecule has 1 fully saturated rings. The Balaban J connectivity index is 2.12. The van der Waals surface area contributed by atoms with Gasteiger partial charge in [0.25, 0.3) is 0 Å². The normalized spacial score (nSPS) is 16.5. The molecule has 1 aliphatic rings. The van der Waals surface area contributed by atoms with E-state index in [-0.39, 0.29) is 24.1 Å². The van der Waals surface area contributed by atoms with Crippen LogP contribution in [0.25, 0.3) is 0 Å². The zero-order valence-electron chi connectivity index (χ0n) is 12.7. The lowest BCUT2D eigenvalue weighted by atomic mass is 9.99. The smallest absolute Gasteiger partial charge is 0.358 e. The van der Waals surface area contributed by atoms with Crippen molar-refractivity contribution >= 4 is 11.9 Å². The van der Waals surface area contributed by atoms with Gasteiger partial charge >= 0.3 is 5.97 Å². The first-order chi connectivity index (χ1) is 9.90. The lowest BCUT2D eigenvalue weighted by Crippen LogP contribution is -2.40. The fourth-order valence-electron chi connectivity index (χ4n) is 2.65. The molecule has 21 heavy (non-hydrogen) atoms. The Hall–Kier alpha value is -1.92. The molecule has 0 unspecified atom stereocenters. The monoisotopic (exact) mass is 294 g/mol. The molecule has 7 nitrogen and oxygen atoms in total. The standard InChI is InChI=1S/C14H22N4O3/c1-9(2)13-12(14(20)21)15-16-18(13)8-11(19)17-6-4-10(3)5-7-17/h9-10H,4-8H2,1-3H3,(H,20,21). The Kier molecular flexibility index (Phi) is 4.59. The predicted molar refractivity (Wildman–Crippen MR) is 76.0 cm³/mol. The predicted octanol–water partition coefficient (Wildman–Crippen LogP) is 1.36. The van der Waals surface area contributed by atoms with Gasteiger partial charge in [0.05, 0.1) is 5.69 Å². The maximum atomic E-state index is 12.3. The third kappa shape index (κ3) is 3.40. The van der Waals surface area contributed by atoms with Crippen molar-refractivity contribution in [3.8, 4) is 0 Å². The van der Waals surface area contributed by atoms with Crippen LogP contribution in [0, 0.1) is 5.92 Å². The molecule has 7 heteroatoms.